The van der Waals surface area contributed by atoms with Crippen LogP contribution in [-0.4, -0.2) is 31.0 Å². The largest absolute Gasteiger partial charge is 0.494 e. The molecule has 0 bridgehead atoms. The van der Waals surface area contributed by atoms with E-state index in [1.807, 2.05) is 45.9 Å². The van der Waals surface area contributed by atoms with Crippen LogP contribution < -0.4 is 15.0 Å². The van der Waals surface area contributed by atoms with Gasteiger partial charge in [0.15, 0.2) is 0 Å². The van der Waals surface area contributed by atoms with Crippen molar-refractivity contribution >= 4 is 27.6 Å². The Hall–Kier alpha value is -4.11. The van der Waals surface area contributed by atoms with Crippen molar-refractivity contribution in [2.24, 2.45) is 4.99 Å². The van der Waals surface area contributed by atoms with E-state index in [1.165, 1.54) is 23.0 Å². The van der Waals surface area contributed by atoms with Gasteiger partial charge in [-0.05, 0) is 99.5 Å². The molecule has 2 N–H and O–H groups in total. The quantitative estimate of drug-likeness (QED) is 0.328. The Balaban J connectivity index is 1.51. The number of rotatable bonds is 8. The number of sulfonamides is 1. The third-order valence-corrected chi connectivity index (χ3v) is 7.17. The van der Waals surface area contributed by atoms with Crippen molar-refractivity contribution in [2.45, 2.75) is 32.6 Å². The molecule has 0 amide bonds. The second-order valence-electron chi connectivity index (χ2n) is 8.37. The molecular weight excluding hydrogens is 476 g/mol. The Morgan fingerprint density at radius 3 is 2.31 bits per heavy atom. The lowest BCUT2D eigenvalue weighted by molar-refractivity contribution is 0.340. The van der Waals surface area contributed by atoms with E-state index < -0.39 is 10.0 Å². The summed E-state index contributed by atoms with van der Waals surface area (Å²) in [4.78, 5) is 17.5. The smallest absolute Gasteiger partial charge is 0.280 e. The van der Waals surface area contributed by atoms with Crippen molar-refractivity contribution in [3.63, 3.8) is 0 Å². The van der Waals surface area contributed by atoms with Crippen molar-refractivity contribution < 1.29 is 13.2 Å². The maximum atomic E-state index is 13.0. The van der Waals surface area contributed by atoms with E-state index in [0.717, 1.165) is 16.8 Å². The number of ether oxygens (including phenoxy) is 1. The molecule has 0 saturated heterocycles. The fourth-order valence-electron chi connectivity index (χ4n) is 3.61. The molecule has 9 heteroatoms. The van der Waals surface area contributed by atoms with Gasteiger partial charge in [0.25, 0.3) is 15.6 Å². The Morgan fingerprint density at radius 2 is 1.67 bits per heavy atom. The lowest BCUT2D eigenvalue weighted by Gasteiger charge is -2.09. The molecule has 8 nitrogen and oxygen atoms in total. The Labute approximate surface area is 210 Å². The van der Waals surface area contributed by atoms with Gasteiger partial charge in [-0.1, -0.05) is 6.07 Å². The van der Waals surface area contributed by atoms with Crippen LogP contribution >= 0.6 is 0 Å². The Morgan fingerprint density at radius 1 is 0.972 bits per heavy atom. The third-order valence-electron chi connectivity index (χ3n) is 5.77. The molecule has 4 aromatic rings. The molecule has 0 radical (unpaired) electrons. The Bertz CT molecular complexity index is 1570. The van der Waals surface area contributed by atoms with Crippen molar-refractivity contribution in [1.29, 1.82) is 0 Å². The second kappa shape index (κ2) is 10.2. The van der Waals surface area contributed by atoms with Crippen molar-refractivity contribution in [2.75, 3.05) is 11.3 Å². The SMILES string of the molecule is CCOc1ccc(NS(=O)(=O)c2ccc(N=Cc3c(C)[nH]n(-c4ccc(C)c(C)c4)c3=O)cc2)cc1. The van der Waals surface area contributed by atoms with E-state index in [0.29, 0.717) is 35.0 Å². The summed E-state index contributed by atoms with van der Waals surface area (Å²) in [5, 5.41) is 3.09. The average Bonchev–Trinajstić information content (AvgIpc) is 3.14. The first-order valence-electron chi connectivity index (χ1n) is 11.5. The van der Waals surface area contributed by atoms with Gasteiger partial charge in [0.1, 0.15) is 5.75 Å². The van der Waals surface area contributed by atoms with Crippen LogP contribution in [0.1, 0.15) is 29.3 Å². The van der Waals surface area contributed by atoms with E-state index in [2.05, 4.69) is 14.8 Å². The zero-order valence-electron chi connectivity index (χ0n) is 20.6. The summed E-state index contributed by atoms with van der Waals surface area (Å²) >= 11 is 0. The number of nitrogens with zero attached hydrogens (tertiary/aromatic N) is 2. The molecule has 1 heterocycles. The number of aliphatic imine (C=N–C) groups is 1. The van der Waals surface area contributed by atoms with Gasteiger partial charge >= 0.3 is 0 Å². The van der Waals surface area contributed by atoms with Gasteiger partial charge in [-0.15, -0.1) is 0 Å². The molecule has 3 aromatic carbocycles. The minimum atomic E-state index is -3.77. The molecule has 0 spiro atoms. The molecule has 1 aromatic heterocycles. The van der Waals surface area contributed by atoms with Crippen LogP contribution in [0, 0.1) is 20.8 Å². The first-order valence-corrected chi connectivity index (χ1v) is 13.0. The van der Waals surface area contributed by atoms with Crippen LogP contribution in [-0.2, 0) is 10.0 Å². The summed E-state index contributed by atoms with van der Waals surface area (Å²) in [6.45, 7) is 8.24. The number of aromatic nitrogens is 2. The van der Waals surface area contributed by atoms with Gasteiger partial charge in [0.2, 0.25) is 0 Å². The molecule has 36 heavy (non-hydrogen) atoms. The molecule has 4 rings (SSSR count). The van der Waals surface area contributed by atoms with Gasteiger partial charge < -0.3 is 4.74 Å². The molecule has 0 saturated carbocycles. The first kappa shape index (κ1) is 25.0. The van der Waals surface area contributed by atoms with E-state index in [1.54, 1.807) is 36.4 Å². The highest BCUT2D eigenvalue weighted by atomic mass is 32.2. The maximum absolute atomic E-state index is 13.0. The number of benzene rings is 3. The molecule has 0 aliphatic rings. The minimum Gasteiger partial charge on any atom is -0.494 e. The molecular formula is C27H28N4O4S. The lowest BCUT2D eigenvalue weighted by atomic mass is 10.1. The molecule has 186 valence electrons. The van der Waals surface area contributed by atoms with Crippen LogP contribution in [0.2, 0.25) is 0 Å². The highest BCUT2D eigenvalue weighted by molar-refractivity contribution is 7.92. The summed E-state index contributed by atoms with van der Waals surface area (Å²) in [6.07, 6.45) is 1.49. The molecule has 0 fully saturated rings. The van der Waals surface area contributed by atoms with Gasteiger partial charge in [0, 0.05) is 17.6 Å². The third kappa shape index (κ3) is 5.41. The van der Waals surface area contributed by atoms with E-state index in [4.69, 9.17) is 4.74 Å². The number of nitrogens with one attached hydrogen (secondary N) is 2. The molecule has 0 aliphatic carbocycles. The fraction of sp³-hybridized carbons (Fsp3) is 0.185. The second-order valence-corrected chi connectivity index (χ2v) is 10.1. The lowest BCUT2D eigenvalue weighted by Crippen LogP contribution is -2.17. The molecule has 0 unspecified atom stereocenters. The fourth-order valence-corrected chi connectivity index (χ4v) is 4.67. The summed E-state index contributed by atoms with van der Waals surface area (Å²) in [5.74, 6) is 0.668. The van der Waals surface area contributed by atoms with Gasteiger partial charge in [-0.2, -0.15) is 0 Å². The summed E-state index contributed by atoms with van der Waals surface area (Å²) in [5.41, 5.74) is 4.85. The van der Waals surface area contributed by atoms with Crippen LogP contribution in [0.15, 0.2) is 81.4 Å². The summed E-state index contributed by atoms with van der Waals surface area (Å²) in [6, 6.07) is 18.6. The summed E-state index contributed by atoms with van der Waals surface area (Å²) in [7, 11) is -3.77. The monoisotopic (exact) mass is 504 g/mol. The predicted octanol–water partition coefficient (Wildman–Crippen LogP) is 5.04. The zero-order valence-corrected chi connectivity index (χ0v) is 21.4. The summed E-state index contributed by atoms with van der Waals surface area (Å²) < 4.78 is 34.9. The first-order chi connectivity index (χ1) is 17.2. The number of aryl methyl sites for hydroxylation is 3. The van der Waals surface area contributed by atoms with Crippen molar-refractivity contribution in [1.82, 2.24) is 9.78 Å². The predicted molar refractivity (Wildman–Crippen MR) is 143 cm³/mol. The number of aromatic amines is 1. The highest BCUT2D eigenvalue weighted by Gasteiger charge is 2.15. The standard InChI is InChI=1S/C27H28N4O4S/c1-5-35-24-12-7-22(8-13-24)30-36(33,34)25-14-9-21(10-15-25)28-17-26-20(4)29-31(27(26)32)23-11-6-18(2)19(3)16-23/h6-17,29-30H,5H2,1-4H3. The van der Waals surface area contributed by atoms with Gasteiger partial charge in [-0.3, -0.25) is 19.6 Å². The number of H-pyrrole nitrogens is 1. The average molecular weight is 505 g/mol. The van der Waals surface area contributed by atoms with Crippen LogP contribution in [0.3, 0.4) is 0 Å². The normalized spacial score (nSPS) is 11.7. The van der Waals surface area contributed by atoms with Crippen molar-refractivity contribution in [3.8, 4) is 11.4 Å². The van der Waals surface area contributed by atoms with E-state index in [-0.39, 0.29) is 10.5 Å². The number of hydrogen-bond acceptors (Lipinski definition) is 5. The molecule has 0 atom stereocenters. The van der Waals surface area contributed by atoms with E-state index >= 15 is 0 Å². The topological polar surface area (TPSA) is 106 Å². The van der Waals surface area contributed by atoms with Gasteiger partial charge in [0.05, 0.1) is 28.4 Å². The maximum Gasteiger partial charge on any atom is 0.280 e. The zero-order chi connectivity index (χ0) is 25.9. The van der Waals surface area contributed by atoms with Crippen LogP contribution in [0.5, 0.6) is 5.75 Å². The number of hydrogen-bond donors (Lipinski definition) is 2. The van der Waals surface area contributed by atoms with Crippen LogP contribution in [0.25, 0.3) is 5.69 Å². The van der Waals surface area contributed by atoms with Crippen molar-refractivity contribution in [3.05, 3.63) is 99.5 Å². The minimum absolute atomic E-state index is 0.102. The van der Waals surface area contributed by atoms with E-state index in [9.17, 15) is 13.2 Å². The highest BCUT2D eigenvalue weighted by Crippen LogP contribution is 2.22. The van der Waals surface area contributed by atoms with Gasteiger partial charge in [-0.25, -0.2) is 13.1 Å². The molecule has 0 aliphatic heterocycles. The Kier molecular flexibility index (Phi) is 7.12. The van der Waals surface area contributed by atoms with Crippen LogP contribution in [0.4, 0.5) is 11.4 Å². The number of anilines is 1.